The third-order valence-electron chi connectivity index (χ3n) is 2.57. The van der Waals surface area contributed by atoms with Gasteiger partial charge in [0.05, 0.1) is 25.4 Å². The van der Waals surface area contributed by atoms with E-state index in [0.717, 1.165) is 4.31 Å². The van der Waals surface area contributed by atoms with E-state index in [1.165, 1.54) is 25.3 Å². The van der Waals surface area contributed by atoms with Gasteiger partial charge in [-0.25, -0.2) is 0 Å². The number of anilines is 1. The van der Waals surface area contributed by atoms with Crippen LogP contribution in [0.2, 0.25) is 0 Å². The minimum absolute atomic E-state index is 0.0499. The molecule has 1 aromatic carbocycles. The Balaban J connectivity index is 2.40. The highest BCUT2D eigenvalue weighted by molar-refractivity contribution is 7.91. The van der Waals surface area contributed by atoms with Gasteiger partial charge in [0.15, 0.2) is 0 Å². The van der Waals surface area contributed by atoms with Crippen molar-refractivity contribution in [1.29, 1.82) is 0 Å². The molecule has 1 saturated heterocycles. The number of phenols is 1. The van der Waals surface area contributed by atoms with Crippen molar-refractivity contribution in [3.63, 3.8) is 0 Å². The van der Waals surface area contributed by atoms with Crippen molar-refractivity contribution in [1.82, 2.24) is 4.72 Å². The molecule has 0 bridgehead atoms. The molecule has 2 N–H and O–H groups in total. The number of hydrogen-bond acceptors (Lipinski definition) is 5. The summed E-state index contributed by atoms with van der Waals surface area (Å²) < 4.78 is 31.5. The van der Waals surface area contributed by atoms with E-state index in [9.17, 15) is 18.3 Å². The molecule has 0 aromatic heterocycles. The Kier molecular flexibility index (Phi) is 3.14. The van der Waals surface area contributed by atoms with Crippen molar-refractivity contribution >= 4 is 22.2 Å². The number of rotatable bonds is 3. The fourth-order valence-electron chi connectivity index (χ4n) is 1.71. The Labute approximate surface area is 104 Å². The van der Waals surface area contributed by atoms with E-state index in [-0.39, 0.29) is 18.0 Å². The molecule has 2 rings (SSSR count). The van der Waals surface area contributed by atoms with Crippen LogP contribution < -0.4 is 13.8 Å². The van der Waals surface area contributed by atoms with Crippen LogP contribution in [0.1, 0.15) is 0 Å². The largest absolute Gasteiger partial charge is 0.506 e. The number of hydrogen-bond donors (Lipinski definition) is 2. The third-order valence-corrected chi connectivity index (χ3v) is 4.10. The predicted molar refractivity (Wildman–Crippen MR) is 63.9 cm³/mol. The van der Waals surface area contributed by atoms with Gasteiger partial charge >= 0.3 is 10.2 Å². The minimum atomic E-state index is -3.79. The highest BCUT2D eigenvalue weighted by Gasteiger charge is 2.36. The quantitative estimate of drug-likeness (QED) is 0.731. The van der Waals surface area contributed by atoms with Crippen LogP contribution in [0.5, 0.6) is 11.5 Å². The van der Waals surface area contributed by atoms with Crippen molar-refractivity contribution in [2.24, 2.45) is 0 Å². The smallest absolute Gasteiger partial charge is 0.302 e. The second kappa shape index (κ2) is 4.46. The summed E-state index contributed by atoms with van der Waals surface area (Å²) in [5, 5.41) is 9.77. The Morgan fingerprint density at radius 3 is 2.78 bits per heavy atom. The first-order chi connectivity index (χ1) is 8.47. The van der Waals surface area contributed by atoms with Crippen molar-refractivity contribution in [3.05, 3.63) is 18.2 Å². The van der Waals surface area contributed by atoms with Crippen LogP contribution in [-0.2, 0) is 15.0 Å². The second-order valence-corrected chi connectivity index (χ2v) is 5.38. The molecule has 0 spiro atoms. The molecule has 1 aliphatic rings. The lowest BCUT2D eigenvalue weighted by molar-refractivity contribution is -0.108. The Morgan fingerprint density at radius 1 is 1.56 bits per heavy atom. The van der Waals surface area contributed by atoms with E-state index >= 15 is 0 Å². The summed E-state index contributed by atoms with van der Waals surface area (Å²) in [5.74, 6) is 0.180. The zero-order valence-corrected chi connectivity index (χ0v) is 10.3. The number of nitrogens with one attached hydrogen (secondary N) is 1. The molecular weight excluding hydrogens is 260 g/mol. The number of phenolic OH excluding ortho intramolecular Hbond substituents is 1. The van der Waals surface area contributed by atoms with Gasteiger partial charge in [0, 0.05) is 6.07 Å². The van der Waals surface area contributed by atoms with E-state index in [2.05, 4.69) is 4.72 Å². The van der Waals surface area contributed by atoms with Gasteiger partial charge in [0.1, 0.15) is 17.8 Å². The fraction of sp³-hybridized carbons (Fsp3) is 0.300. The van der Waals surface area contributed by atoms with Crippen LogP contribution in [0, 0.1) is 0 Å². The molecule has 1 unspecified atom stereocenters. The van der Waals surface area contributed by atoms with Gasteiger partial charge in [-0.2, -0.15) is 13.1 Å². The Morgan fingerprint density at radius 2 is 2.28 bits per heavy atom. The number of ether oxygens (including phenoxy) is 1. The van der Waals surface area contributed by atoms with Gasteiger partial charge in [-0.05, 0) is 12.1 Å². The molecule has 18 heavy (non-hydrogen) atoms. The zero-order valence-electron chi connectivity index (χ0n) is 9.53. The topological polar surface area (TPSA) is 95.9 Å². The van der Waals surface area contributed by atoms with Crippen LogP contribution in [0.4, 0.5) is 5.69 Å². The van der Waals surface area contributed by atoms with Crippen molar-refractivity contribution in [3.8, 4) is 11.5 Å². The first kappa shape index (κ1) is 12.7. The van der Waals surface area contributed by atoms with Crippen molar-refractivity contribution in [2.45, 2.75) is 6.04 Å². The van der Waals surface area contributed by atoms with E-state index < -0.39 is 16.3 Å². The molecule has 1 aliphatic heterocycles. The maximum atomic E-state index is 11.8. The third kappa shape index (κ3) is 2.12. The monoisotopic (exact) mass is 272 g/mol. The van der Waals surface area contributed by atoms with E-state index in [0.29, 0.717) is 12.0 Å². The van der Waals surface area contributed by atoms with Gasteiger partial charge in [0.25, 0.3) is 0 Å². The molecule has 1 aromatic rings. The normalized spacial score (nSPS) is 21.8. The summed E-state index contributed by atoms with van der Waals surface area (Å²) in [6.07, 6.45) is 0.512. The summed E-state index contributed by atoms with van der Waals surface area (Å²) in [6, 6.07) is 3.44. The number of nitrogens with zero attached hydrogens (tertiary/aromatic N) is 1. The summed E-state index contributed by atoms with van der Waals surface area (Å²) in [4.78, 5) is 10.6. The van der Waals surface area contributed by atoms with E-state index in [1.54, 1.807) is 0 Å². The molecule has 0 radical (unpaired) electrons. The van der Waals surface area contributed by atoms with E-state index in [4.69, 9.17) is 4.74 Å². The lowest BCUT2D eigenvalue weighted by Gasteiger charge is -2.17. The zero-order chi connectivity index (χ0) is 13.3. The number of carbonyl (C=O) groups is 1. The Bertz CT molecular complexity index is 572. The highest BCUT2D eigenvalue weighted by Crippen LogP contribution is 2.33. The summed E-state index contributed by atoms with van der Waals surface area (Å²) in [7, 11) is -2.36. The predicted octanol–water partition coefficient (Wildman–Crippen LogP) is -0.377. The van der Waals surface area contributed by atoms with Crippen LogP contribution in [-0.4, -0.2) is 39.5 Å². The van der Waals surface area contributed by atoms with Crippen LogP contribution >= 0.6 is 0 Å². The summed E-state index contributed by atoms with van der Waals surface area (Å²) in [5.41, 5.74) is 0.104. The van der Waals surface area contributed by atoms with Crippen molar-refractivity contribution in [2.75, 3.05) is 18.0 Å². The van der Waals surface area contributed by atoms with Gasteiger partial charge < -0.3 is 14.6 Å². The fourth-order valence-corrected chi connectivity index (χ4v) is 3.12. The number of benzene rings is 1. The lowest BCUT2D eigenvalue weighted by atomic mass is 10.2. The molecule has 7 nitrogen and oxygen atoms in total. The van der Waals surface area contributed by atoms with Gasteiger partial charge in [0.2, 0.25) is 0 Å². The number of aromatic hydroxyl groups is 1. The minimum Gasteiger partial charge on any atom is -0.506 e. The van der Waals surface area contributed by atoms with Gasteiger partial charge in [-0.3, -0.25) is 4.31 Å². The van der Waals surface area contributed by atoms with E-state index in [1.807, 2.05) is 0 Å². The standard InChI is InChI=1S/C10H12N2O5S/c1-17-8-2-3-9(10(14)4-8)12-5-7(6-13)11-18(12,15)16/h2-4,6-7,11,14H,5H2,1H3. The molecule has 8 heteroatoms. The highest BCUT2D eigenvalue weighted by atomic mass is 32.2. The number of carbonyl (C=O) groups excluding carboxylic acids is 1. The SMILES string of the molecule is COc1ccc(N2CC(C=O)NS2(=O)=O)c(O)c1. The average Bonchev–Trinajstić information content (AvgIpc) is 2.64. The number of methoxy groups -OCH3 is 1. The Hall–Kier alpha value is -1.80. The summed E-state index contributed by atoms with van der Waals surface area (Å²) >= 11 is 0. The first-order valence-electron chi connectivity index (χ1n) is 5.10. The molecule has 1 atom stereocenters. The molecule has 0 saturated carbocycles. The molecule has 1 heterocycles. The number of aldehydes is 1. The average molecular weight is 272 g/mol. The summed E-state index contributed by atoms with van der Waals surface area (Å²) in [6.45, 7) is -0.0499. The molecule has 0 aliphatic carbocycles. The second-order valence-electron chi connectivity index (χ2n) is 3.75. The van der Waals surface area contributed by atoms with Crippen LogP contribution in [0.15, 0.2) is 18.2 Å². The molecule has 1 fully saturated rings. The molecule has 98 valence electrons. The lowest BCUT2D eigenvalue weighted by Crippen LogP contribution is -2.30. The van der Waals surface area contributed by atoms with Crippen molar-refractivity contribution < 1.29 is 23.1 Å². The molecule has 0 amide bonds. The van der Waals surface area contributed by atoms with Crippen LogP contribution in [0.25, 0.3) is 0 Å². The van der Waals surface area contributed by atoms with Gasteiger partial charge in [-0.1, -0.05) is 0 Å². The maximum Gasteiger partial charge on any atom is 0.302 e. The van der Waals surface area contributed by atoms with Crippen LogP contribution in [0.3, 0.4) is 0 Å². The van der Waals surface area contributed by atoms with Gasteiger partial charge in [-0.15, -0.1) is 0 Å². The first-order valence-corrected chi connectivity index (χ1v) is 6.54. The molecular formula is C10H12N2O5S. The maximum absolute atomic E-state index is 11.8.